The Morgan fingerprint density at radius 2 is 1.79 bits per heavy atom. The van der Waals surface area contributed by atoms with Crippen LogP contribution in [0.2, 0.25) is 10.0 Å². The SMILES string of the molecule is CC1CCC(NC(=O)[C@H]2[C@H](c3cccc(Cl)c3F)[C@]3(C(=O)Nc4cc(Cl)ccc43)C3(CCCCC3)N2C)CC1. The molecule has 5 nitrogen and oxygen atoms in total. The van der Waals surface area contributed by atoms with Gasteiger partial charge in [0.05, 0.1) is 11.1 Å². The molecule has 2 aromatic carbocycles. The summed E-state index contributed by atoms with van der Waals surface area (Å²) in [7, 11) is 1.96. The number of benzene rings is 2. The van der Waals surface area contributed by atoms with Crippen LogP contribution < -0.4 is 10.6 Å². The molecule has 2 saturated carbocycles. The molecule has 2 aliphatic heterocycles. The first-order chi connectivity index (χ1) is 18.7. The van der Waals surface area contributed by atoms with Gasteiger partial charge < -0.3 is 10.6 Å². The molecule has 39 heavy (non-hydrogen) atoms. The molecule has 8 heteroatoms. The Hall–Kier alpha value is -2.15. The zero-order chi connectivity index (χ0) is 27.5. The lowest BCUT2D eigenvalue weighted by Gasteiger charge is -2.49. The number of hydrogen-bond acceptors (Lipinski definition) is 3. The summed E-state index contributed by atoms with van der Waals surface area (Å²) in [6.45, 7) is 2.25. The maximum atomic E-state index is 16.0. The van der Waals surface area contributed by atoms with Crippen LogP contribution in [0.3, 0.4) is 0 Å². The van der Waals surface area contributed by atoms with Gasteiger partial charge in [0, 0.05) is 28.2 Å². The molecular formula is C31H36Cl2FN3O2. The van der Waals surface area contributed by atoms with E-state index in [0.29, 0.717) is 22.2 Å². The second-order valence-corrected chi connectivity index (χ2v) is 13.0. The zero-order valence-corrected chi connectivity index (χ0v) is 24.0. The zero-order valence-electron chi connectivity index (χ0n) is 22.5. The molecule has 1 saturated heterocycles. The van der Waals surface area contributed by atoms with E-state index < -0.39 is 28.7 Å². The highest BCUT2D eigenvalue weighted by atomic mass is 35.5. The van der Waals surface area contributed by atoms with Gasteiger partial charge in [-0.25, -0.2) is 4.39 Å². The van der Waals surface area contributed by atoms with Gasteiger partial charge in [-0.2, -0.15) is 0 Å². The summed E-state index contributed by atoms with van der Waals surface area (Å²) in [4.78, 5) is 31.0. The summed E-state index contributed by atoms with van der Waals surface area (Å²) in [5, 5.41) is 6.94. The van der Waals surface area contributed by atoms with Gasteiger partial charge in [0.25, 0.3) is 0 Å². The lowest BCUT2D eigenvalue weighted by Crippen LogP contribution is -2.60. The van der Waals surface area contributed by atoms with Gasteiger partial charge in [0.2, 0.25) is 11.8 Å². The van der Waals surface area contributed by atoms with E-state index in [4.69, 9.17) is 23.2 Å². The van der Waals surface area contributed by atoms with Crippen molar-refractivity contribution in [3.63, 3.8) is 0 Å². The fourth-order valence-corrected chi connectivity index (χ4v) is 8.79. The van der Waals surface area contributed by atoms with Crippen molar-refractivity contribution in [3.8, 4) is 0 Å². The standard InChI is InChI=1S/C31H36Cl2FN3O2/c1-18-9-12-20(13-10-18)35-28(38)27-25(21-7-6-8-23(33)26(21)34)31(30(37(27)2)15-4-3-5-16-30)22-14-11-19(32)17-24(22)36-29(31)39/h6-8,11,14,17-18,20,25,27H,3-5,9-10,12-13,15-16H2,1-2H3,(H,35,38)(H,36,39)/t18?,20?,25-,27+,31+/m0/s1. The van der Waals surface area contributed by atoms with E-state index in [-0.39, 0.29) is 22.9 Å². The van der Waals surface area contributed by atoms with Crippen LogP contribution in [0, 0.1) is 11.7 Å². The van der Waals surface area contributed by atoms with E-state index in [0.717, 1.165) is 63.4 Å². The van der Waals surface area contributed by atoms with E-state index >= 15 is 4.39 Å². The van der Waals surface area contributed by atoms with E-state index in [2.05, 4.69) is 22.5 Å². The van der Waals surface area contributed by atoms with Crippen molar-refractivity contribution in [2.24, 2.45) is 5.92 Å². The maximum absolute atomic E-state index is 16.0. The number of carbonyl (C=O) groups excluding carboxylic acids is 2. The van der Waals surface area contributed by atoms with Crippen molar-refractivity contribution in [2.75, 3.05) is 12.4 Å². The number of nitrogens with one attached hydrogen (secondary N) is 2. The molecular weight excluding hydrogens is 536 g/mol. The Labute approximate surface area is 239 Å². The Morgan fingerprint density at radius 3 is 2.51 bits per heavy atom. The fraction of sp³-hybridized carbons (Fsp3) is 0.548. The predicted octanol–water partition coefficient (Wildman–Crippen LogP) is 6.82. The van der Waals surface area contributed by atoms with Crippen molar-refractivity contribution >= 4 is 40.7 Å². The molecule has 0 aromatic heterocycles. The normalized spacial score (nSPS) is 31.9. The van der Waals surface area contributed by atoms with Gasteiger partial charge in [-0.05, 0) is 80.8 Å². The smallest absolute Gasteiger partial charge is 0.238 e. The molecule has 2 aliphatic carbocycles. The van der Waals surface area contributed by atoms with Gasteiger partial charge in [0.1, 0.15) is 11.2 Å². The van der Waals surface area contributed by atoms with Crippen LogP contribution in [-0.4, -0.2) is 41.4 Å². The van der Waals surface area contributed by atoms with Crippen LogP contribution in [0.5, 0.6) is 0 Å². The lowest BCUT2D eigenvalue weighted by molar-refractivity contribution is -0.128. The largest absolute Gasteiger partial charge is 0.352 e. The van der Waals surface area contributed by atoms with Crippen molar-refractivity contribution in [1.29, 1.82) is 0 Å². The molecule has 4 aliphatic rings. The average Bonchev–Trinajstić information content (AvgIpc) is 3.32. The van der Waals surface area contributed by atoms with Crippen molar-refractivity contribution in [3.05, 3.63) is 63.4 Å². The van der Waals surface area contributed by atoms with Gasteiger partial charge in [-0.15, -0.1) is 0 Å². The van der Waals surface area contributed by atoms with Crippen LogP contribution in [0.15, 0.2) is 36.4 Å². The third kappa shape index (κ3) is 3.96. The van der Waals surface area contributed by atoms with Gasteiger partial charge in [-0.3, -0.25) is 14.5 Å². The first kappa shape index (κ1) is 27.0. The Balaban J connectivity index is 1.57. The summed E-state index contributed by atoms with van der Waals surface area (Å²) < 4.78 is 16.0. The molecule has 3 atom stereocenters. The number of hydrogen-bond donors (Lipinski definition) is 2. The van der Waals surface area contributed by atoms with E-state index in [9.17, 15) is 9.59 Å². The van der Waals surface area contributed by atoms with Gasteiger partial charge in [0.15, 0.2) is 0 Å². The Morgan fingerprint density at radius 1 is 1.08 bits per heavy atom. The molecule has 3 fully saturated rings. The van der Waals surface area contributed by atoms with Gasteiger partial charge >= 0.3 is 0 Å². The molecule has 2 amide bonds. The van der Waals surface area contributed by atoms with E-state index in [1.54, 1.807) is 24.3 Å². The van der Waals surface area contributed by atoms with Crippen LogP contribution in [0.25, 0.3) is 0 Å². The molecule has 0 radical (unpaired) electrons. The number of fused-ring (bicyclic) bond motifs is 3. The first-order valence-electron chi connectivity index (χ1n) is 14.3. The topological polar surface area (TPSA) is 61.4 Å². The second-order valence-electron chi connectivity index (χ2n) is 12.2. The molecule has 0 bridgehead atoms. The monoisotopic (exact) mass is 571 g/mol. The fourth-order valence-electron chi connectivity index (χ4n) is 8.44. The minimum absolute atomic E-state index is 0.00921. The number of likely N-dealkylation sites (N-methyl/N-ethyl adjacent to an activating group) is 1. The number of nitrogens with zero attached hydrogens (tertiary/aromatic N) is 1. The minimum Gasteiger partial charge on any atom is -0.352 e. The maximum Gasteiger partial charge on any atom is 0.238 e. The summed E-state index contributed by atoms with van der Waals surface area (Å²) in [5.74, 6) is -1.02. The first-order valence-corrected chi connectivity index (χ1v) is 15.0. The molecule has 2 N–H and O–H groups in total. The number of amides is 2. The number of halogens is 3. The Kier molecular flexibility index (Phi) is 6.96. The number of carbonyl (C=O) groups is 2. The molecule has 2 heterocycles. The van der Waals surface area contributed by atoms with Crippen LogP contribution >= 0.6 is 23.2 Å². The molecule has 2 aromatic rings. The molecule has 0 unspecified atom stereocenters. The highest BCUT2D eigenvalue weighted by Crippen LogP contribution is 2.66. The quantitative estimate of drug-likeness (QED) is 0.425. The van der Waals surface area contributed by atoms with Crippen LogP contribution in [0.4, 0.5) is 10.1 Å². The van der Waals surface area contributed by atoms with Crippen molar-refractivity contribution < 1.29 is 14.0 Å². The summed E-state index contributed by atoms with van der Waals surface area (Å²) >= 11 is 12.7. The van der Waals surface area contributed by atoms with Crippen LogP contribution in [-0.2, 0) is 15.0 Å². The van der Waals surface area contributed by atoms with Crippen molar-refractivity contribution in [2.45, 2.75) is 93.7 Å². The molecule has 2 spiro atoms. The highest BCUT2D eigenvalue weighted by Gasteiger charge is 2.74. The third-order valence-corrected chi connectivity index (χ3v) is 10.8. The number of rotatable bonds is 3. The van der Waals surface area contributed by atoms with Crippen molar-refractivity contribution in [1.82, 2.24) is 10.2 Å². The average molecular weight is 573 g/mol. The molecule has 208 valence electrons. The van der Waals surface area contributed by atoms with E-state index in [1.165, 1.54) is 6.07 Å². The number of likely N-dealkylation sites (tertiary alicyclic amines) is 1. The lowest BCUT2D eigenvalue weighted by atomic mass is 9.55. The summed E-state index contributed by atoms with van der Waals surface area (Å²) in [5.41, 5.74) is -0.113. The minimum atomic E-state index is -1.18. The predicted molar refractivity (Wildman–Crippen MR) is 153 cm³/mol. The van der Waals surface area contributed by atoms with Crippen LogP contribution in [0.1, 0.15) is 81.8 Å². The highest BCUT2D eigenvalue weighted by molar-refractivity contribution is 6.31. The number of anilines is 1. The summed E-state index contributed by atoms with van der Waals surface area (Å²) in [6.07, 6.45) is 8.41. The Bertz CT molecular complexity index is 1300. The third-order valence-electron chi connectivity index (χ3n) is 10.2. The summed E-state index contributed by atoms with van der Waals surface area (Å²) in [6, 6.07) is 9.72. The van der Waals surface area contributed by atoms with Gasteiger partial charge in [-0.1, -0.05) is 67.6 Å². The molecule has 6 rings (SSSR count). The van der Waals surface area contributed by atoms with E-state index in [1.807, 2.05) is 13.1 Å². The second kappa shape index (κ2) is 10.0.